The van der Waals surface area contributed by atoms with Gasteiger partial charge >= 0.3 is 0 Å². The number of benzene rings is 1. The Labute approximate surface area is 134 Å². The predicted octanol–water partition coefficient (Wildman–Crippen LogP) is 4.04. The van der Waals surface area contributed by atoms with Gasteiger partial charge in [0.15, 0.2) is 0 Å². The van der Waals surface area contributed by atoms with Gasteiger partial charge in [0.1, 0.15) is 0 Å². The summed E-state index contributed by atoms with van der Waals surface area (Å²) in [6, 6.07) is 5.99. The molecular formula is C17H27ClN2O. The van der Waals surface area contributed by atoms with Gasteiger partial charge in [0.05, 0.1) is 0 Å². The van der Waals surface area contributed by atoms with E-state index >= 15 is 0 Å². The Hall–Kier alpha value is -1.22. The average Bonchev–Trinajstić information content (AvgIpc) is 2.41. The van der Waals surface area contributed by atoms with Gasteiger partial charge in [-0.15, -0.1) is 12.4 Å². The van der Waals surface area contributed by atoms with Crippen LogP contribution in [0.2, 0.25) is 0 Å². The van der Waals surface area contributed by atoms with Crippen LogP contribution < -0.4 is 5.73 Å². The van der Waals surface area contributed by atoms with Gasteiger partial charge < -0.3 is 10.6 Å². The standard InChI is InChI=1S/C17H26N2O.ClH/c1-12(2)10-15-6-4-5-9-19(15)17(20)16-11-14(18)8-7-13(16)3;/h7-8,11-12,15H,4-6,9-10,18H2,1-3H3;1H. The summed E-state index contributed by atoms with van der Waals surface area (Å²) in [4.78, 5) is 14.9. The summed E-state index contributed by atoms with van der Waals surface area (Å²) in [7, 11) is 0. The number of amides is 1. The van der Waals surface area contributed by atoms with E-state index < -0.39 is 0 Å². The predicted molar refractivity (Wildman–Crippen MR) is 91.0 cm³/mol. The number of nitrogens with two attached hydrogens (primary N) is 1. The Morgan fingerprint density at radius 3 is 2.76 bits per heavy atom. The molecule has 0 spiro atoms. The number of nitrogen functional groups attached to an aromatic ring is 1. The van der Waals surface area contributed by atoms with Crippen LogP contribution in [0.15, 0.2) is 18.2 Å². The molecule has 3 nitrogen and oxygen atoms in total. The fraction of sp³-hybridized carbons (Fsp3) is 0.588. The molecule has 1 aromatic carbocycles. The Balaban J connectivity index is 0.00000220. The molecule has 2 N–H and O–H groups in total. The molecule has 1 fully saturated rings. The summed E-state index contributed by atoms with van der Waals surface area (Å²) in [6.45, 7) is 7.31. The summed E-state index contributed by atoms with van der Waals surface area (Å²) in [5.74, 6) is 0.774. The van der Waals surface area contributed by atoms with Crippen molar-refractivity contribution in [2.45, 2.75) is 52.5 Å². The van der Waals surface area contributed by atoms with Crippen molar-refractivity contribution in [3.8, 4) is 0 Å². The lowest BCUT2D eigenvalue weighted by Gasteiger charge is -2.37. The minimum Gasteiger partial charge on any atom is -0.399 e. The van der Waals surface area contributed by atoms with Crippen molar-refractivity contribution < 1.29 is 4.79 Å². The number of likely N-dealkylation sites (tertiary alicyclic amines) is 1. The zero-order valence-electron chi connectivity index (χ0n) is 13.3. The van der Waals surface area contributed by atoms with E-state index in [1.54, 1.807) is 0 Å². The molecule has 4 heteroatoms. The lowest BCUT2D eigenvalue weighted by Crippen LogP contribution is -2.44. The van der Waals surface area contributed by atoms with Gasteiger partial charge in [0.2, 0.25) is 0 Å². The van der Waals surface area contributed by atoms with Crippen LogP contribution in [-0.2, 0) is 0 Å². The number of carbonyl (C=O) groups is 1. The maximum absolute atomic E-state index is 12.8. The van der Waals surface area contributed by atoms with E-state index in [9.17, 15) is 4.79 Å². The molecule has 0 radical (unpaired) electrons. The van der Waals surface area contributed by atoms with Crippen molar-refractivity contribution in [1.82, 2.24) is 4.90 Å². The summed E-state index contributed by atoms with van der Waals surface area (Å²) in [5.41, 5.74) is 8.28. The van der Waals surface area contributed by atoms with E-state index in [0.29, 0.717) is 17.6 Å². The lowest BCUT2D eigenvalue weighted by atomic mass is 9.93. The third-order valence-electron chi connectivity index (χ3n) is 4.12. The number of halogens is 1. The maximum Gasteiger partial charge on any atom is 0.254 e. The number of hydrogen-bond donors (Lipinski definition) is 1. The van der Waals surface area contributed by atoms with Crippen molar-refractivity contribution in [2.24, 2.45) is 5.92 Å². The molecule has 1 saturated heterocycles. The zero-order chi connectivity index (χ0) is 14.7. The van der Waals surface area contributed by atoms with E-state index in [1.165, 1.54) is 6.42 Å². The van der Waals surface area contributed by atoms with Crippen molar-refractivity contribution in [3.05, 3.63) is 29.3 Å². The number of hydrogen-bond acceptors (Lipinski definition) is 2. The molecule has 1 amide bonds. The highest BCUT2D eigenvalue weighted by Crippen LogP contribution is 2.26. The van der Waals surface area contributed by atoms with Gasteiger partial charge in [-0.25, -0.2) is 0 Å². The number of piperidine rings is 1. The number of aryl methyl sites for hydroxylation is 1. The summed E-state index contributed by atoms with van der Waals surface area (Å²) >= 11 is 0. The topological polar surface area (TPSA) is 46.3 Å². The highest BCUT2D eigenvalue weighted by atomic mass is 35.5. The van der Waals surface area contributed by atoms with Crippen LogP contribution in [0, 0.1) is 12.8 Å². The Kier molecular flexibility index (Phi) is 6.53. The highest BCUT2D eigenvalue weighted by molar-refractivity contribution is 5.96. The van der Waals surface area contributed by atoms with E-state index in [1.807, 2.05) is 25.1 Å². The molecule has 0 saturated carbocycles. The molecule has 1 aliphatic rings. The van der Waals surface area contributed by atoms with Crippen LogP contribution in [0.25, 0.3) is 0 Å². The quantitative estimate of drug-likeness (QED) is 0.856. The summed E-state index contributed by atoms with van der Waals surface area (Å²) in [5, 5.41) is 0. The van der Waals surface area contributed by atoms with E-state index in [2.05, 4.69) is 18.7 Å². The SMILES string of the molecule is Cc1ccc(N)cc1C(=O)N1CCCCC1CC(C)C.Cl. The second-order valence-corrected chi connectivity index (χ2v) is 6.35. The Morgan fingerprint density at radius 2 is 2.10 bits per heavy atom. The zero-order valence-corrected chi connectivity index (χ0v) is 14.1. The number of rotatable bonds is 3. The number of carbonyl (C=O) groups excluding carboxylic acids is 1. The van der Waals surface area contributed by atoms with Crippen LogP contribution in [-0.4, -0.2) is 23.4 Å². The molecule has 0 bridgehead atoms. The molecule has 0 aliphatic carbocycles. The molecule has 1 aromatic rings. The molecule has 0 aromatic heterocycles. The molecule has 2 rings (SSSR count). The normalized spacial score (nSPS) is 18.5. The molecule has 1 atom stereocenters. The first-order valence-electron chi connectivity index (χ1n) is 7.66. The molecule has 1 unspecified atom stereocenters. The molecule has 21 heavy (non-hydrogen) atoms. The van der Waals surface area contributed by atoms with Gasteiger partial charge in [0.25, 0.3) is 5.91 Å². The van der Waals surface area contributed by atoms with Crippen LogP contribution in [0.4, 0.5) is 5.69 Å². The molecule has 118 valence electrons. The first-order valence-corrected chi connectivity index (χ1v) is 7.66. The number of nitrogens with zero attached hydrogens (tertiary/aromatic N) is 1. The average molecular weight is 311 g/mol. The van der Waals surface area contributed by atoms with Gasteiger partial charge in [-0.05, 0) is 56.2 Å². The smallest absolute Gasteiger partial charge is 0.254 e. The second-order valence-electron chi connectivity index (χ2n) is 6.35. The van der Waals surface area contributed by atoms with Crippen LogP contribution in [0.3, 0.4) is 0 Å². The third-order valence-corrected chi connectivity index (χ3v) is 4.12. The molecule has 1 heterocycles. The minimum absolute atomic E-state index is 0. The summed E-state index contributed by atoms with van der Waals surface area (Å²) < 4.78 is 0. The first-order chi connectivity index (χ1) is 9.49. The third kappa shape index (κ3) is 4.37. The highest BCUT2D eigenvalue weighted by Gasteiger charge is 2.28. The monoisotopic (exact) mass is 310 g/mol. The van der Waals surface area contributed by atoms with Crippen molar-refractivity contribution in [1.29, 1.82) is 0 Å². The van der Waals surface area contributed by atoms with Crippen LogP contribution >= 0.6 is 12.4 Å². The van der Waals surface area contributed by atoms with Crippen molar-refractivity contribution >= 4 is 24.0 Å². The van der Waals surface area contributed by atoms with E-state index in [-0.39, 0.29) is 18.3 Å². The maximum atomic E-state index is 12.8. The van der Waals surface area contributed by atoms with Crippen LogP contribution in [0.5, 0.6) is 0 Å². The lowest BCUT2D eigenvalue weighted by molar-refractivity contribution is 0.0583. The second kappa shape index (κ2) is 7.69. The molecule has 1 aliphatic heterocycles. The Morgan fingerprint density at radius 1 is 1.38 bits per heavy atom. The van der Waals surface area contributed by atoms with Gasteiger partial charge in [-0.1, -0.05) is 19.9 Å². The van der Waals surface area contributed by atoms with E-state index in [0.717, 1.165) is 36.9 Å². The number of anilines is 1. The van der Waals surface area contributed by atoms with Gasteiger partial charge in [-0.2, -0.15) is 0 Å². The fourth-order valence-corrected chi connectivity index (χ4v) is 3.08. The van der Waals surface area contributed by atoms with Crippen molar-refractivity contribution in [2.75, 3.05) is 12.3 Å². The minimum atomic E-state index is 0. The molecular weight excluding hydrogens is 284 g/mol. The van der Waals surface area contributed by atoms with Gasteiger partial charge in [0, 0.05) is 23.8 Å². The van der Waals surface area contributed by atoms with Gasteiger partial charge in [-0.3, -0.25) is 4.79 Å². The fourth-order valence-electron chi connectivity index (χ4n) is 3.08. The van der Waals surface area contributed by atoms with Crippen molar-refractivity contribution in [3.63, 3.8) is 0 Å². The summed E-state index contributed by atoms with van der Waals surface area (Å²) in [6.07, 6.45) is 4.57. The van der Waals surface area contributed by atoms with E-state index in [4.69, 9.17) is 5.73 Å². The Bertz CT molecular complexity index is 488. The largest absolute Gasteiger partial charge is 0.399 e. The first kappa shape index (κ1) is 17.8. The van der Waals surface area contributed by atoms with Crippen LogP contribution in [0.1, 0.15) is 55.5 Å².